The summed E-state index contributed by atoms with van der Waals surface area (Å²) >= 11 is 1.69. The molecule has 0 aliphatic heterocycles. The van der Waals surface area contributed by atoms with Crippen molar-refractivity contribution in [3.63, 3.8) is 0 Å². The zero-order valence-electron chi connectivity index (χ0n) is 12.0. The first-order valence-corrected chi connectivity index (χ1v) is 7.69. The monoisotopic (exact) mass is 324 g/mol. The second kappa shape index (κ2) is 9.55. The van der Waals surface area contributed by atoms with Gasteiger partial charge >= 0.3 is 0 Å². The van der Waals surface area contributed by atoms with E-state index >= 15 is 0 Å². The van der Waals surface area contributed by atoms with Crippen molar-refractivity contribution in [2.45, 2.75) is 18.9 Å². The molecule has 1 amide bonds. The van der Waals surface area contributed by atoms with Crippen molar-refractivity contribution in [2.24, 2.45) is 0 Å². The van der Waals surface area contributed by atoms with Gasteiger partial charge in [-0.2, -0.15) is 0 Å². The van der Waals surface area contributed by atoms with Crippen molar-refractivity contribution in [2.75, 3.05) is 13.6 Å². The number of amides is 1. The topological polar surface area (TPSA) is 41.1 Å². The fraction of sp³-hybridized carbons (Fsp3) is 0.312. The van der Waals surface area contributed by atoms with E-state index in [1.54, 1.807) is 11.3 Å². The smallest absolute Gasteiger partial charge is 0.221 e. The molecule has 21 heavy (non-hydrogen) atoms. The van der Waals surface area contributed by atoms with E-state index in [0.717, 1.165) is 6.42 Å². The molecule has 0 aliphatic rings. The number of thiophene rings is 1. The van der Waals surface area contributed by atoms with Crippen LogP contribution in [0.1, 0.15) is 22.9 Å². The van der Waals surface area contributed by atoms with Crippen LogP contribution < -0.4 is 10.6 Å². The number of rotatable bonds is 7. The van der Waals surface area contributed by atoms with E-state index in [-0.39, 0.29) is 24.4 Å². The molecular weight excluding hydrogens is 304 g/mol. The van der Waals surface area contributed by atoms with Gasteiger partial charge in [-0.15, -0.1) is 23.7 Å². The minimum absolute atomic E-state index is 0. The lowest BCUT2D eigenvalue weighted by molar-refractivity contribution is -0.121. The normalized spacial score (nSPS) is 11.5. The SMILES string of the molecule is CNCCC(=O)NC(Cc1ccccc1)c1cccs1.Cl. The van der Waals surface area contributed by atoms with Crippen LogP contribution in [-0.2, 0) is 11.2 Å². The van der Waals surface area contributed by atoms with E-state index < -0.39 is 0 Å². The van der Waals surface area contributed by atoms with Gasteiger partial charge in [0, 0.05) is 17.8 Å². The molecule has 2 rings (SSSR count). The molecule has 2 aromatic rings. The summed E-state index contributed by atoms with van der Waals surface area (Å²) in [5.74, 6) is 0.0914. The first-order valence-electron chi connectivity index (χ1n) is 6.81. The summed E-state index contributed by atoms with van der Waals surface area (Å²) < 4.78 is 0. The maximum Gasteiger partial charge on any atom is 0.221 e. The van der Waals surface area contributed by atoms with Crippen molar-refractivity contribution in [3.8, 4) is 0 Å². The van der Waals surface area contributed by atoms with Crippen LogP contribution in [0.15, 0.2) is 47.8 Å². The van der Waals surface area contributed by atoms with Gasteiger partial charge in [-0.25, -0.2) is 0 Å². The highest BCUT2D eigenvalue weighted by Crippen LogP contribution is 2.23. The Hall–Kier alpha value is -1.36. The standard InChI is InChI=1S/C16H20N2OS.ClH/c1-17-10-9-16(19)18-14(15-8-5-11-20-15)12-13-6-3-2-4-7-13;/h2-8,11,14,17H,9-10,12H2,1H3,(H,18,19);1H. The van der Waals surface area contributed by atoms with E-state index in [0.29, 0.717) is 13.0 Å². The summed E-state index contributed by atoms with van der Waals surface area (Å²) in [4.78, 5) is 13.2. The second-order valence-corrected chi connectivity index (χ2v) is 5.66. The number of carbonyl (C=O) groups excluding carboxylic acids is 1. The minimum atomic E-state index is 0. The fourth-order valence-electron chi connectivity index (χ4n) is 2.07. The largest absolute Gasteiger partial charge is 0.348 e. The molecule has 1 heterocycles. The molecule has 0 spiro atoms. The molecule has 5 heteroatoms. The van der Waals surface area contributed by atoms with Crippen LogP contribution in [0.2, 0.25) is 0 Å². The van der Waals surface area contributed by atoms with Gasteiger partial charge in [0.1, 0.15) is 0 Å². The minimum Gasteiger partial charge on any atom is -0.348 e. The van der Waals surface area contributed by atoms with E-state index in [4.69, 9.17) is 0 Å². The summed E-state index contributed by atoms with van der Waals surface area (Å²) in [5, 5.41) is 8.18. The van der Waals surface area contributed by atoms with Crippen molar-refractivity contribution in [1.29, 1.82) is 0 Å². The maximum absolute atomic E-state index is 12.0. The lowest BCUT2D eigenvalue weighted by Crippen LogP contribution is -2.31. The molecule has 1 aromatic heterocycles. The summed E-state index contributed by atoms with van der Waals surface area (Å²) in [5.41, 5.74) is 1.24. The molecule has 114 valence electrons. The molecule has 0 fully saturated rings. The molecule has 0 bridgehead atoms. The van der Waals surface area contributed by atoms with E-state index in [2.05, 4.69) is 28.8 Å². The van der Waals surface area contributed by atoms with E-state index in [1.165, 1.54) is 10.4 Å². The molecule has 0 radical (unpaired) electrons. The van der Waals surface area contributed by atoms with Gasteiger partial charge in [0.25, 0.3) is 0 Å². The van der Waals surface area contributed by atoms with Crippen molar-refractivity contribution < 1.29 is 4.79 Å². The third-order valence-corrected chi connectivity index (χ3v) is 4.09. The molecule has 1 unspecified atom stereocenters. The summed E-state index contributed by atoms with van der Waals surface area (Å²) in [6.07, 6.45) is 1.33. The number of carbonyl (C=O) groups is 1. The average molecular weight is 325 g/mol. The Kier molecular flexibility index (Phi) is 8.05. The zero-order valence-corrected chi connectivity index (χ0v) is 13.7. The van der Waals surface area contributed by atoms with E-state index in [1.807, 2.05) is 36.7 Å². The quantitative estimate of drug-likeness (QED) is 0.821. The Bertz CT molecular complexity index is 516. The predicted molar refractivity (Wildman–Crippen MR) is 91.1 cm³/mol. The number of halogens is 1. The van der Waals surface area contributed by atoms with Gasteiger partial charge in [0.05, 0.1) is 6.04 Å². The molecule has 0 aliphatic carbocycles. The molecule has 0 saturated heterocycles. The van der Waals surface area contributed by atoms with Gasteiger partial charge in [0.2, 0.25) is 5.91 Å². The Morgan fingerprint density at radius 3 is 2.57 bits per heavy atom. The third kappa shape index (κ3) is 5.87. The average Bonchev–Trinajstić information content (AvgIpc) is 3.00. The molecule has 1 atom stereocenters. The Balaban J connectivity index is 0.00000220. The van der Waals surface area contributed by atoms with Crippen molar-refractivity contribution >= 4 is 29.7 Å². The number of hydrogen-bond acceptors (Lipinski definition) is 3. The highest BCUT2D eigenvalue weighted by molar-refractivity contribution is 7.10. The van der Waals surface area contributed by atoms with Gasteiger partial charge in [-0.3, -0.25) is 4.79 Å². The number of benzene rings is 1. The van der Waals surface area contributed by atoms with Crippen LogP contribution >= 0.6 is 23.7 Å². The van der Waals surface area contributed by atoms with Crippen molar-refractivity contribution in [3.05, 3.63) is 58.3 Å². The van der Waals surface area contributed by atoms with Gasteiger partial charge in [0.15, 0.2) is 0 Å². The summed E-state index contributed by atoms with van der Waals surface area (Å²) in [7, 11) is 1.86. The zero-order chi connectivity index (χ0) is 14.2. The van der Waals surface area contributed by atoms with Crippen LogP contribution in [-0.4, -0.2) is 19.5 Å². The van der Waals surface area contributed by atoms with Crippen LogP contribution in [0.3, 0.4) is 0 Å². The molecule has 2 N–H and O–H groups in total. The van der Waals surface area contributed by atoms with Crippen LogP contribution in [0.4, 0.5) is 0 Å². The van der Waals surface area contributed by atoms with E-state index in [9.17, 15) is 4.79 Å². The number of nitrogens with one attached hydrogen (secondary N) is 2. The highest BCUT2D eigenvalue weighted by atomic mass is 35.5. The highest BCUT2D eigenvalue weighted by Gasteiger charge is 2.15. The lowest BCUT2D eigenvalue weighted by Gasteiger charge is -2.18. The Labute approximate surface area is 136 Å². The number of hydrogen-bond donors (Lipinski definition) is 2. The molecule has 0 saturated carbocycles. The Morgan fingerprint density at radius 2 is 1.95 bits per heavy atom. The maximum atomic E-state index is 12.0. The lowest BCUT2D eigenvalue weighted by atomic mass is 10.0. The predicted octanol–water partition coefficient (Wildman–Crippen LogP) is 3.18. The first-order chi connectivity index (χ1) is 9.79. The van der Waals surface area contributed by atoms with Crippen LogP contribution in [0, 0.1) is 0 Å². The molecule has 1 aromatic carbocycles. The fourth-order valence-corrected chi connectivity index (χ4v) is 2.85. The van der Waals surface area contributed by atoms with Crippen molar-refractivity contribution in [1.82, 2.24) is 10.6 Å². The van der Waals surface area contributed by atoms with Gasteiger partial charge in [-0.1, -0.05) is 36.4 Å². The Morgan fingerprint density at radius 1 is 1.19 bits per heavy atom. The molecular formula is C16H21ClN2OS. The summed E-state index contributed by atoms with van der Waals surface area (Å²) in [6.45, 7) is 0.703. The van der Waals surface area contributed by atoms with Crippen LogP contribution in [0.5, 0.6) is 0 Å². The third-order valence-electron chi connectivity index (χ3n) is 3.11. The second-order valence-electron chi connectivity index (χ2n) is 4.68. The first kappa shape index (κ1) is 17.7. The molecule has 3 nitrogen and oxygen atoms in total. The summed E-state index contributed by atoms with van der Waals surface area (Å²) in [6, 6.07) is 14.4. The van der Waals surface area contributed by atoms with Gasteiger partial charge in [-0.05, 0) is 30.5 Å². The van der Waals surface area contributed by atoms with Gasteiger partial charge < -0.3 is 10.6 Å². The van der Waals surface area contributed by atoms with Crippen LogP contribution in [0.25, 0.3) is 0 Å².